The predicted octanol–water partition coefficient (Wildman–Crippen LogP) is 5.53. The van der Waals surface area contributed by atoms with Crippen LogP contribution in [0.2, 0.25) is 0 Å². The zero-order valence-electron chi connectivity index (χ0n) is 15.2. The van der Waals surface area contributed by atoms with Gasteiger partial charge in [0.2, 0.25) is 5.95 Å². The van der Waals surface area contributed by atoms with Crippen molar-refractivity contribution >= 4 is 17.5 Å². The van der Waals surface area contributed by atoms with Gasteiger partial charge in [-0.05, 0) is 49.7 Å². The molecule has 0 saturated carbocycles. The summed E-state index contributed by atoms with van der Waals surface area (Å²) in [6, 6.07) is 19.5. The van der Waals surface area contributed by atoms with E-state index in [1.54, 1.807) is 0 Å². The molecule has 134 valence electrons. The van der Waals surface area contributed by atoms with Crippen LogP contribution in [0.3, 0.4) is 0 Å². The summed E-state index contributed by atoms with van der Waals surface area (Å²) in [6.07, 6.45) is 2.24. The number of unbranched alkanes of at least 4 members (excludes halogenated alkanes) is 1. The highest BCUT2D eigenvalue weighted by Gasteiger charge is 2.03. The van der Waals surface area contributed by atoms with Crippen molar-refractivity contribution in [2.45, 2.75) is 26.7 Å². The van der Waals surface area contributed by atoms with Crippen LogP contribution in [0.25, 0.3) is 0 Å². The third-order valence-corrected chi connectivity index (χ3v) is 3.77. The molecule has 0 amide bonds. The molecular formula is C21H24N4O. The zero-order chi connectivity index (χ0) is 18.2. The Kier molecular flexibility index (Phi) is 6.04. The molecule has 5 nitrogen and oxygen atoms in total. The summed E-state index contributed by atoms with van der Waals surface area (Å²) in [5.41, 5.74) is 1.87. The summed E-state index contributed by atoms with van der Waals surface area (Å²) in [5, 5.41) is 6.59. The molecule has 0 atom stereocenters. The molecule has 2 aromatic carbocycles. The predicted molar refractivity (Wildman–Crippen MR) is 106 cm³/mol. The second kappa shape index (κ2) is 8.85. The monoisotopic (exact) mass is 348 g/mol. The molecule has 0 saturated heterocycles. The summed E-state index contributed by atoms with van der Waals surface area (Å²) in [4.78, 5) is 8.95. The first-order valence-electron chi connectivity index (χ1n) is 8.92. The van der Waals surface area contributed by atoms with Gasteiger partial charge in [0.1, 0.15) is 17.3 Å². The van der Waals surface area contributed by atoms with Gasteiger partial charge in [-0.15, -0.1) is 0 Å². The van der Waals surface area contributed by atoms with Crippen molar-refractivity contribution in [3.05, 3.63) is 66.4 Å². The summed E-state index contributed by atoms with van der Waals surface area (Å²) in [5.74, 6) is 3.04. The summed E-state index contributed by atoms with van der Waals surface area (Å²) >= 11 is 0. The van der Waals surface area contributed by atoms with Crippen molar-refractivity contribution < 1.29 is 4.74 Å². The van der Waals surface area contributed by atoms with E-state index in [-0.39, 0.29) is 0 Å². The number of benzene rings is 2. The topological polar surface area (TPSA) is 59.1 Å². The molecule has 2 N–H and O–H groups in total. The van der Waals surface area contributed by atoms with E-state index in [1.165, 1.54) is 0 Å². The lowest BCUT2D eigenvalue weighted by Gasteiger charge is -2.11. The Balaban J connectivity index is 1.65. The first-order valence-corrected chi connectivity index (χ1v) is 8.92. The fourth-order valence-electron chi connectivity index (χ4n) is 2.47. The van der Waals surface area contributed by atoms with Crippen LogP contribution >= 0.6 is 0 Å². The Morgan fingerprint density at radius 1 is 0.923 bits per heavy atom. The van der Waals surface area contributed by atoms with Gasteiger partial charge in [0.05, 0.1) is 0 Å². The maximum absolute atomic E-state index is 5.81. The SMILES string of the molecule is CCCCNc1nc(C)cc(Nc2ccc(Oc3ccccc3)cc2)n1. The highest BCUT2D eigenvalue weighted by molar-refractivity contribution is 5.58. The molecule has 0 bridgehead atoms. The standard InChI is InChI=1S/C21H24N4O/c1-3-4-14-22-21-23-16(2)15-20(25-21)24-17-10-12-19(13-11-17)26-18-8-6-5-7-9-18/h5-13,15H,3-4,14H2,1-2H3,(H2,22,23,24,25). The number of nitrogens with one attached hydrogen (secondary N) is 2. The minimum Gasteiger partial charge on any atom is -0.457 e. The number of ether oxygens (including phenoxy) is 1. The number of hydrogen-bond donors (Lipinski definition) is 2. The molecule has 0 aliphatic heterocycles. The smallest absolute Gasteiger partial charge is 0.224 e. The number of para-hydroxylation sites is 1. The van der Waals surface area contributed by atoms with Crippen molar-refractivity contribution in [3.8, 4) is 11.5 Å². The Labute approximate surface area is 154 Å². The quantitative estimate of drug-likeness (QED) is 0.524. The highest BCUT2D eigenvalue weighted by atomic mass is 16.5. The first kappa shape index (κ1) is 17.7. The third kappa shape index (κ3) is 5.21. The van der Waals surface area contributed by atoms with Crippen LogP contribution in [0.1, 0.15) is 25.5 Å². The fraction of sp³-hybridized carbons (Fsp3) is 0.238. The fourth-order valence-corrected chi connectivity index (χ4v) is 2.47. The van der Waals surface area contributed by atoms with Crippen molar-refractivity contribution in [3.63, 3.8) is 0 Å². The summed E-state index contributed by atoms with van der Waals surface area (Å²) in [6.45, 7) is 5.01. The maximum atomic E-state index is 5.81. The van der Waals surface area contributed by atoms with Crippen molar-refractivity contribution in [2.24, 2.45) is 0 Å². The largest absolute Gasteiger partial charge is 0.457 e. The third-order valence-electron chi connectivity index (χ3n) is 3.77. The van der Waals surface area contributed by atoms with Gasteiger partial charge in [0, 0.05) is 24.0 Å². The van der Waals surface area contributed by atoms with Gasteiger partial charge < -0.3 is 15.4 Å². The molecule has 5 heteroatoms. The molecule has 0 aliphatic carbocycles. The molecule has 3 aromatic rings. The zero-order valence-corrected chi connectivity index (χ0v) is 15.2. The van der Waals surface area contributed by atoms with Crippen LogP contribution in [0.5, 0.6) is 11.5 Å². The number of nitrogens with zero attached hydrogens (tertiary/aromatic N) is 2. The number of hydrogen-bond acceptors (Lipinski definition) is 5. The molecule has 0 unspecified atom stereocenters. The Morgan fingerprint density at radius 3 is 2.38 bits per heavy atom. The lowest BCUT2D eigenvalue weighted by molar-refractivity contribution is 0.483. The van der Waals surface area contributed by atoms with Crippen LogP contribution in [-0.4, -0.2) is 16.5 Å². The van der Waals surface area contributed by atoms with Crippen LogP contribution in [0.4, 0.5) is 17.5 Å². The van der Waals surface area contributed by atoms with Gasteiger partial charge in [0.15, 0.2) is 0 Å². The van der Waals surface area contributed by atoms with E-state index < -0.39 is 0 Å². The Morgan fingerprint density at radius 2 is 1.65 bits per heavy atom. The average molecular weight is 348 g/mol. The Hall–Kier alpha value is -3.08. The molecule has 3 rings (SSSR count). The lowest BCUT2D eigenvalue weighted by Crippen LogP contribution is -2.07. The normalized spacial score (nSPS) is 10.4. The molecule has 26 heavy (non-hydrogen) atoms. The maximum Gasteiger partial charge on any atom is 0.224 e. The van der Waals surface area contributed by atoms with E-state index >= 15 is 0 Å². The molecule has 1 heterocycles. The van der Waals surface area contributed by atoms with Gasteiger partial charge in [-0.25, -0.2) is 4.98 Å². The molecule has 1 aromatic heterocycles. The van der Waals surface area contributed by atoms with Crippen molar-refractivity contribution in [2.75, 3.05) is 17.2 Å². The van der Waals surface area contributed by atoms with Gasteiger partial charge >= 0.3 is 0 Å². The molecule has 0 radical (unpaired) electrons. The Bertz CT molecular complexity index is 819. The highest BCUT2D eigenvalue weighted by Crippen LogP contribution is 2.24. The van der Waals surface area contributed by atoms with E-state index in [2.05, 4.69) is 27.5 Å². The van der Waals surface area contributed by atoms with E-state index in [0.717, 1.165) is 48.1 Å². The average Bonchev–Trinajstić information content (AvgIpc) is 2.64. The van der Waals surface area contributed by atoms with Gasteiger partial charge in [-0.2, -0.15) is 4.98 Å². The summed E-state index contributed by atoms with van der Waals surface area (Å²) in [7, 11) is 0. The minimum absolute atomic E-state index is 0.657. The van der Waals surface area contributed by atoms with Crippen LogP contribution in [0.15, 0.2) is 60.7 Å². The summed E-state index contributed by atoms with van der Waals surface area (Å²) < 4.78 is 5.81. The number of aromatic nitrogens is 2. The first-order chi connectivity index (χ1) is 12.7. The number of anilines is 3. The second-order valence-corrected chi connectivity index (χ2v) is 6.06. The van der Waals surface area contributed by atoms with E-state index in [9.17, 15) is 0 Å². The second-order valence-electron chi connectivity index (χ2n) is 6.06. The molecular weight excluding hydrogens is 324 g/mol. The van der Waals surface area contributed by atoms with Gasteiger partial charge in [-0.1, -0.05) is 31.5 Å². The van der Waals surface area contributed by atoms with Gasteiger partial charge in [-0.3, -0.25) is 0 Å². The van der Waals surface area contributed by atoms with E-state index in [0.29, 0.717) is 5.95 Å². The lowest BCUT2D eigenvalue weighted by atomic mass is 10.3. The van der Waals surface area contributed by atoms with E-state index in [4.69, 9.17) is 4.74 Å². The van der Waals surface area contributed by atoms with Crippen LogP contribution < -0.4 is 15.4 Å². The molecule has 0 fully saturated rings. The van der Waals surface area contributed by atoms with E-state index in [1.807, 2.05) is 67.6 Å². The number of rotatable bonds is 8. The minimum atomic E-state index is 0.657. The van der Waals surface area contributed by atoms with Crippen molar-refractivity contribution in [1.82, 2.24) is 9.97 Å². The van der Waals surface area contributed by atoms with Crippen LogP contribution in [0, 0.1) is 6.92 Å². The van der Waals surface area contributed by atoms with Gasteiger partial charge in [0.25, 0.3) is 0 Å². The van der Waals surface area contributed by atoms with Crippen molar-refractivity contribution in [1.29, 1.82) is 0 Å². The number of aryl methyl sites for hydroxylation is 1. The molecule has 0 spiro atoms. The van der Waals surface area contributed by atoms with Crippen LogP contribution in [-0.2, 0) is 0 Å². The molecule has 0 aliphatic rings.